The van der Waals surface area contributed by atoms with E-state index in [1.165, 1.54) is 12.1 Å². The summed E-state index contributed by atoms with van der Waals surface area (Å²) in [4.78, 5) is 49.8. The topological polar surface area (TPSA) is 105 Å². The molecule has 0 saturated heterocycles. The minimum atomic E-state index is -1.60. The summed E-state index contributed by atoms with van der Waals surface area (Å²) in [6, 6.07) is 2.35. The number of hydrogen-bond donors (Lipinski definition) is 0. The van der Waals surface area contributed by atoms with Crippen LogP contribution < -0.4 is 9.47 Å². The molecule has 8 nitrogen and oxygen atoms in total. The van der Waals surface area contributed by atoms with Crippen LogP contribution >= 0.6 is 78.3 Å². The fourth-order valence-corrected chi connectivity index (χ4v) is 4.31. The zero-order chi connectivity index (χ0) is 25.7. The summed E-state index contributed by atoms with van der Waals surface area (Å²) >= 11 is 30.4. The van der Waals surface area contributed by atoms with E-state index < -0.39 is 35.4 Å². The minimum Gasteiger partial charge on any atom is -0.462 e. The highest BCUT2D eigenvalue weighted by Crippen LogP contribution is 2.41. The highest BCUT2D eigenvalue weighted by molar-refractivity contribution is 9.11. The summed E-state index contributed by atoms with van der Waals surface area (Å²) < 4.78 is 19.9. The Bertz CT molecular complexity index is 1090. The van der Waals surface area contributed by atoms with E-state index in [2.05, 4.69) is 31.9 Å². The normalized spacial score (nSPS) is 10.5. The molecular formula is C20H12Br2Cl4O8. The monoisotopic (exact) mass is 678 g/mol. The van der Waals surface area contributed by atoms with Crippen molar-refractivity contribution in [2.45, 2.75) is 13.8 Å². The summed E-state index contributed by atoms with van der Waals surface area (Å²) in [6.45, 7) is 3.09. The molecule has 0 saturated carbocycles. The van der Waals surface area contributed by atoms with Crippen LogP contribution in [0.5, 0.6) is 11.5 Å². The number of carbonyl (C=O) groups excluding carboxylic acids is 4. The molecule has 2 rings (SSSR count). The van der Waals surface area contributed by atoms with Crippen LogP contribution in [0.3, 0.4) is 0 Å². The van der Waals surface area contributed by atoms with E-state index in [1.54, 1.807) is 13.8 Å². The number of carbonyl (C=O) groups is 4. The number of ether oxygens (including phenoxy) is 4. The summed E-state index contributed by atoms with van der Waals surface area (Å²) in [6.07, 6.45) is 0. The van der Waals surface area contributed by atoms with E-state index >= 15 is 0 Å². The van der Waals surface area contributed by atoms with Crippen molar-refractivity contribution in [3.63, 3.8) is 0 Å². The Morgan fingerprint density at radius 3 is 1.29 bits per heavy atom. The van der Waals surface area contributed by atoms with Gasteiger partial charge in [-0.15, -0.1) is 0 Å². The van der Waals surface area contributed by atoms with E-state index in [0.29, 0.717) is 0 Å². The Labute approximate surface area is 229 Å². The van der Waals surface area contributed by atoms with Crippen molar-refractivity contribution in [2.24, 2.45) is 0 Å². The van der Waals surface area contributed by atoms with E-state index in [1.807, 2.05) is 0 Å². The predicted octanol–water partition coefficient (Wildman–Crippen LogP) is 6.69. The lowest BCUT2D eigenvalue weighted by Gasteiger charge is -2.15. The number of halogens is 6. The van der Waals surface area contributed by atoms with Gasteiger partial charge in [0.1, 0.15) is 11.1 Å². The van der Waals surface area contributed by atoms with Gasteiger partial charge in [-0.2, -0.15) is 0 Å². The first-order chi connectivity index (χ1) is 15.9. The Morgan fingerprint density at radius 1 is 0.676 bits per heavy atom. The van der Waals surface area contributed by atoms with Crippen LogP contribution in [0, 0.1) is 0 Å². The largest absolute Gasteiger partial charge is 0.462 e. The van der Waals surface area contributed by atoms with E-state index in [-0.39, 0.29) is 53.4 Å². The average Bonchev–Trinajstić information content (AvgIpc) is 2.76. The molecule has 0 spiro atoms. The molecule has 14 heteroatoms. The van der Waals surface area contributed by atoms with Gasteiger partial charge < -0.3 is 18.9 Å². The molecule has 0 atom stereocenters. The van der Waals surface area contributed by atoms with Crippen molar-refractivity contribution in [1.82, 2.24) is 0 Å². The van der Waals surface area contributed by atoms with Gasteiger partial charge in [0.2, 0.25) is 0 Å². The zero-order valence-electron chi connectivity index (χ0n) is 17.1. The highest BCUT2D eigenvalue weighted by atomic mass is 79.9. The number of esters is 4. The van der Waals surface area contributed by atoms with Crippen LogP contribution in [-0.2, 0) is 19.1 Å². The third kappa shape index (κ3) is 6.35. The second-order valence-corrected chi connectivity index (χ2v) is 9.15. The summed E-state index contributed by atoms with van der Waals surface area (Å²) in [5.41, 5.74) is -0.667. The molecule has 0 radical (unpaired) electrons. The first kappa shape index (κ1) is 28.7. The van der Waals surface area contributed by atoms with Gasteiger partial charge in [0.25, 0.3) is 0 Å². The molecule has 2 aromatic carbocycles. The minimum absolute atomic E-state index is 0.00852. The summed E-state index contributed by atoms with van der Waals surface area (Å²) in [5.74, 6) is -6.06. The fraction of sp³-hybridized carbons (Fsp3) is 0.200. The first-order valence-corrected chi connectivity index (χ1v) is 12.2. The van der Waals surface area contributed by atoms with Crippen molar-refractivity contribution in [1.29, 1.82) is 0 Å². The van der Waals surface area contributed by atoms with Crippen molar-refractivity contribution in [3.8, 4) is 11.5 Å². The molecule has 0 aliphatic heterocycles. The van der Waals surface area contributed by atoms with Gasteiger partial charge in [-0.1, -0.05) is 46.4 Å². The SMILES string of the molecule is CCOC(=O)c1c(Br)c(Cl)cc(Cl)c1OC(=O)C(=O)Oc1c(Cl)cc(Cl)c(Br)c1C(=O)OCC. The van der Waals surface area contributed by atoms with Crippen LogP contribution in [0.1, 0.15) is 34.6 Å². The van der Waals surface area contributed by atoms with Gasteiger partial charge in [0.05, 0.1) is 42.2 Å². The van der Waals surface area contributed by atoms with E-state index in [0.717, 1.165) is 0 Å². The van der Waals surface area contributed by atoms with Crippen molar-refractivity contribution >= 4 is 102 Å². The number of rotatable bonds is 6. The molecule has 0 fully saturated rings. The van der Waals surface area contributed by atoms with Crippen molar-refractivity contribution in [2.75, 3.05) is 13.2 Å². The maximum atomic E-state index is 12.5. The van der Waals surface area contributed by atoms with Crippen LogP contribution in [0.2, 0.25) is 20.1 Å². The van der Waals surface area contributed by atoms with Crippen LogP contribution in [-0.4, -0.2) is 37.1 Å². The lowest BCUT2D eigenvalue weighted by Crippen LogP contribution is -2.27. The lowest BCUT2D eigenvalue weighted by atomic mass is 10.2. The Morgan fingerprint density at radius 2 is 1.00 bits per heavy atom. The second kappa shape index (κ2) is 12.4. The zero-order valence-corrected chi connectivity index (χ0v) is 23.3. The summed E-state index contributed by atoms with van der Waals surface area (Å²) in [5, 5.41) is -0.492. The van der Waals surface area contributed by atoms with Crippen LogP contribution in [0.15, 0.2) is 21.1 Å². The van der Waals surface area contributed by atoms with Gasteiger partial charge in [-0.3, -0.25) is 0 Å². The molecule has 0 amide bonds. The fourth-order valence-electron chi connectivity index (χ4n) is 2.40. The molecule has 2 aromatic rings. The molecule has 0 N–H and O–H groups in total. The average molecular weight is 682 g/mol. The molecule has 0 aliphatic rings. The molecule has 182 valence electrons. The number of hydrogen-bond acceptors (Lipinski definition) is 8. The molecule has 0 aliphatic carbocycles. The molecule has 34 heavy (non-hydrogen) atoms. The first-order valence-electron chi connectivity index (χ1n) is 9.07. The Kier molecular flexibility index (Phi) is 10.5. The Hall–Kier alpha value is -1.56. The molecule has 0 aromatic heterocycles. The molecular weight excluding hydrogens is 670 g/mol. The van der Waals surface area contributed by atoms with E-state index in [9.17, 15) is 19.2 Å². The summed E-state index contributed by atoms with van der Waals surface area (Å²) in [7, 11) is 0. The van der Waals surface area contributed by atoms with Crippen molar-refractivity contribution in [3.05, 3.63) is 52.3 Å². The number of benzene rings is 2. The maximum Gasteiger partial charge on any atom is 0.423 e. The van der Waals surface area contributed by atoms with E-state index in [4.69, 9.17) is 65.4 Å². The van der Waals surface area contributed by atoms with Gasteiger partial charge in [-0.25, -0.2) is 19.2 Å². The van der Waals surface area contributed by atoms with Crippen LogP contribution in [0.4, 0.5) is 0 Å². The lowest BCUT2D eigenvalue weighted by molar-refractivity contribution is -0.156. The standard InChI is InChI=1S/C20H12Br2Cl4O8/c1-3-31-17(27)11-13(21)7(23)5-9(25)15(11)33-19(29)20(30)34-16-10(26)6-8(24)14(22)12(16)18(28)32-4-2/h5-6H,3-4H2,1-2H3. The second-order valence-electron chi connectivity index (χ2n) is 5.94. The van der Waals surface area contributed by atoms with Gasteiger partial charge >= 0.3 is 23.9 Å². The molecule has 0 bridgehead atoms. The van der Waals surface area contributed by atoms with Crippen molar-refractivity contribution < 1.29 is 38.1 Å². The Balaban J connectivity index is 2.44. The third-order valence-corrected chi connectivity index (χ3v) is 7.03. The smallest absolute Gasteiger partial charge is 0.423 e. The third-order valence-electron chi connectivity index (χ3n) is 3.77. The van der Waals surface area contributed by atoms with Gasteiger partial charge in [-0.05, 0) is 57.8 Å². The predicted molar refractivity (Wildman–Crippen MR) is 132 cm³/mol. The molecule has 0 unspecified atom stereocenters. The van der Waals surface area contributed by atoms with Crippen LogP contribution in [0.25, 0.3) is 0 Å². The molecule has 0 heterocycles. The highest BCUT2D eigenvalue weighted by Gasteiger charge is 2.31. The quantitative estimate of drug-likeness (QED) is 0.144. The van der Waals surface area contributed by atoms with Gasteiger partial charge in [0, 0.05) is 0 Å². The maximum absolute atomic E-state index is 12.5. The van der Waals surface area contributed by atoms with Gasteiger partial charge in [0.15, 0.2) is 11.5 Å².